The summed E-state index contributed by atoms with van der Waals surface area (Å²) in [4.78, 5) is 54.1. The van der Waals surface area contributed by atoms with Crippen LogP contribution in [0.3, 0.4) is 0 Å². The number of quaternary nitrogens is 3. The smallest absolute Gasteiger partial charge is 0.414 e. The van der Waals surface area contributed by atoms with Gasteiger partial charge in [-0.25, -0.2) is 14.4 Å². The van der Waals surface area contributed by atoms with Gasteiger partial charge in [0.05, 0.1) is 11.9 Å². The molecule has 0 fully saturated rings. The van der Waals surface area contributed by atoms with Gasteiger partial charge in [0.25, 0.3) is 0 Å². The molecular weight excluding hydrogens is 306 g/mol. The Morgan fingerprint density at radius 3 is 0.619 bits per heavy atom. The summed E-state index contributed by atoms with van der Waals surface area (Å²) in [5.41, 5.74) is 0. The lowest BCUT2D eigenvalue weighted by Crippen LogP contribution is -2.42. The Hall–Kier alpha value is -3.30. The normalized spacial score (nSPS) is 6.29. The molecule has 0 aliphatic carbocycles. The highest BCUT2D eigenvalue weighted by molar-refractivity contribution is 6.27. The fourth-order valence-electron chi connectivity index (χ4n) is 0. The highest BCUT2D eigenvalue weighted by Gasteiger charge is 2.04. The van der Waals surface area contributed by atoms with Crippen LogP contribution in [0.25, 0.3) is 0 Å². The first-order valence-electron chi connectivity index (χ1n) is 3.26. The Morgan fingerprint density at radius 2 is 0.619 bits per heavy atom. The molecule has 0 amide bonds. The van der Waals surface area contributed by atoms with Crippen molar-refractivity contribution in [3.05, 3.63) is 0 Å². The molecule has 0 saturated heterocycles. The van der Waals surface area contributed by atoms with E-state index in [9.17, 15) is 0 Å². The van der Waals surface area contributed by atoms with E-state index < -0.39 is 35.8 Å². The van der Waals surface area contributed by atoms with Gasteiger partial charge in [-0.3, -0.25) is 0 Å². The van der Waals surface area contributed by atoms with E-state index in [0.29, 0.717) is 0 Å². The van der Waals surface area contributed by atoms with Crippen molar-refractivity contribution in [1.82, 2.24) is 18.5 Å². The predicted octanol–water partition coefficient (Wildman–Crippen LogP) is -5.41. The molecule has 0 spiro atoms. The van der Waals surface area contributed by atoms with Crippen LogP contribution in [0, 0.1) is 0 Å². The minimum atomic E-state index is -2.19. The molecule has 21 heavy (non-hydrogen) atoms. The Labute approximate surface area is 115 Å². The lowest BCUT2D eigenvalue weighted by Gasteiger charge is -1.97. The maximum absolute atomic E-state index is 9.10. The molecule has 15 nitrogen and oxygen atoms in total. The second-order valence-electron chi connectivity index (χ2n) is 1.78. The fourth-order valence-corrected chi connectivity index (χ4v) is 0. The molecule has 0 unspecified atom stereocenters. The molecule has 0 saturated carbocycles. The van der Waals surface area contributed by atoms with Gasteiger partial charge >= 0.3 is 17.9 Å². The SMILES string of the molecule is O=C(O)C(=O)O.O=C([O-])C(=O)O.O=C([O-])C(=O)[O-].[NH4+].[NH4+].[NH4+]. The van der Waals surface area contributed by atoms with E-state index in [1.54, 1.807) is 0 Å². The summed E-state index contributed by atoms with van der Waals surface area (Å²) in [6.45, 7) is 0. The van der Waals surface area contributed by atoms with Crippen LogP contribution in [0.4, 0.5) is 0 Å². The Morgan fingerprint density at radius 1 is 0.476 bits per heavy atom. The minimum absolute atomic E-state index is 0. The van der Waals surface area contributed by atoms with E-state index >= 15 is 0 Å². The predicted molar refractivity (Wildman–Crippen MR) is 55.9 cm³/mol. The van der Waals surface area contributed by atoms with Crippen LogP contribution in [-0.2, 0) is 28.8 Å². The van der Waals surface area contributed by atoms with E-state index in [4.69, 9.17) is 59.4 Å². The van der Waals surface area contributed by atoms with Crippen molar-refractivity contribution in [2.45, 2.75) is 0 Å². The van der Waals surface area contributed by atoms with Gasteiger partial charge in [-0.15, -0.1) is 0 Å². The molecule has 0 aliphatic rings. The molecule has 15 N–H and O–H groups in total. The number of aliphatic carboxylic acids is 6. The Balaban J connectivity index is -0.0000000375. The third-order valence-corrected chi connectivity index (χ3v) is 0.524. The second-order valence-corrected chi connectivity index (χ2v) is 1.78. The molecule has 0 aromatic carbocycles. The van der Waals surface area contributed by atoms with Gasteiger partial charge in [0.2, 0.25) is 0 Å². The van der Waals surface area contributed by atoms with E-state index in [1.807, 2.05) is 0 Å². The summed E-state index contributed by atoms with van der Waals surface area (Å²) in [5, 5.41) is 49.0. The molecular formula is C6H15N3O12. The number of hydrogen-bond donors (Lipinski definition) is 6. The number of carboxylic acid groups (broad SMARTS) is 6. The standard InChI is InChI=1S/3C2H2O4.3H3N/c3*3-1(4)2(5)6;;;/h3*(H,3,4)(H,5,6);3*1H3. The summed E-state index contributed by atoms with van der Waals surface area (Å²) in [5.74, 6) is -12.0. The van der Waals surface area contributed by atoms with E-state index in [0.717, 1.165) is 0 Å². The van der Waals surface area contributed by atoms with E-state index in [1.165, 1.54) is 0 Å². The first kappa shape index (κ1) is 36.1. The lowest BCUT2D eigenvalue weighted by molar-refractivity contribution is -0.345. The maximum Gasteiger partial charge on any atom is 0.414 e. The zero-order valence-electron chi connectivity index (χ0n) is 11.0. The second kappa shape index (κ2) is 19.0. The van der Waals surface area contributed by atoms with Crippen molar-refractivity contribution in [2.24, 2.45) is 0 Å². The number of carbonyl (C=O) groups is 6. The molecule has 15 heteroatoms. The first-order chi connectivity index (χ1) is 7.93. The fraction of sp³-hybridized carbons (Fsp3) is 0. The summed E-state index contributed by atoms with van der Waals surface area (Å²) in [7, 11) is 0. The number of rotatable bonds is 0. The van der Waals surface area contributed by atoms with Gasteiger partial charge in [-0.2, -0.15) is 0 Å². The maximum atomic E-state index is 9.10. The molecule has 0 rings (SSSR count). The van der Waals surface area contributed by atoms with E-state index in [2.05, 4.69) is 0 Å². The number of hydrogen-bond acceptors (Lipinski definition) is 9. The van der Waals surface area contributed by atoms with Crippen molar-refractivity contribution in [2.75, 3.05) is 0 Å². The van der Waals surface area contributed by atoms with Crippen molar-refractivity contribution < 1.29 is 59.4 Å². The zero-order chi connectivity index (χ0) is 15.5. The highest BCUT2D eigenvalue weighted by atomic mass is 16.5. The molecule has 126 valence electrons. The van der Waals surface area contributed by atoms with Crippen LogP contribution < -0.4 is 33.8 Å². The summed E-state index contributed by atoms with van der Waals surface area (Å²) in [6, 6.07) is 0. The molecule has 0 heterocycles. The minimum Gasteiger partial charge on any atom is -0.543 e. The lowest BCUT2D eigenvalue weighted by atomic mass is 10.7. The van der Waals surface area contributed by atoms with Crippen molar-refractivity contribution in [3.8, 4) is 0 Å². The third kappa shape index (κ3) is 47.7. The highest BCUT2D eigenvalue weighted by Crippen LogP contribution is 1.56. The van der Waals surface area contributed by atoms with Crippen LogP contribution in [0.15, 0.2) is 0 Å². The number of carbonyl (C=O) groups excluding carboxylic acids is 3. The quantitative estimate of drug-likeness (QED) is 0.227. The van der Waals surface area contributed by atoms with Gasteiger partial charge in [0, 0.05) is 0 Å². The average Bonchev–Trinajstić information content (AvgIpc) is 2.18. The average molecular weight is 321 g/mol. The van der Waals surface area contributed by atoms with Gasteiger partial charge in [-0.1, -0.05) is 0 Å². The van der Waals surface area contributed by atoms with E-state index in [-0.39, 0.29) is 18.5 Å². The molecule has 0 atom stereocenters. The molecule has 0 bridgehead atoms. The van der Waals surface area contributed by atoms with Gasteiger partial charge in [-0.05, 0) is 0 Å². The van der Waals surface area contributed by atoms with Gasteiger partial charge in [0.1, 0.15) is 0 Å². The molecule has 0 aliphatic heterocycles. The number of carboxylic acids is 6. The van der Waals surface area contributed by atoms with Crippen molar-refractivity contribution in [1.29, 1.82) is 0 Å². The molecule has 0 aromatic rings. The first-order valence-corrected chi connectivity index (χ1v) is 3.26. The van der Waals surface area contributed by atoms with Gasteiger partial charge < -0.3 is 63.5 Å². The van der Waals surface area contributed by atoms with Crippen LogP contribution >= 0.6 is 0 Å². The monoisotopic (exact) mass is 321 g/mol. The summed E-state index contributed by atoms with van der Waals surface area (Å²) in [6.07, 6.45) is 0. The van der Waals surface area contributed by atoms with Crippen LogP contribution in [0.1, 0.15) is 0 Å². The van der Waals surface area contributed by atoms with Crippen LogP contribution in [-0.4, -0.2) is 51.1 Å². The molecule has 0 aromatic heterocycles. The van der Waals surface area contributed by atoms with Crippen LogP contribution in [0.5, 0.6) is 0 Å². The Kier molecular flexibility index (Phi) is 32.7. The largest absolute Gasteiger partial charge is 0.543 e. The van der Waals surface area contributed by atoms with Crippen molar-refractivity contribution in [3.63, 3.8) is 0 Å². The Bertz CT molecular complexity index is 284. The summed E-state index contributed by atoms with van der Waals surface area (Å²) >= 11 is 0. The zero-order valence-corrected chi connectivity index (χ0v) is 11.0. The van der Waals surface area contributed by atoms with Gasteiger partial charge in [0.15, 0.2) is 5.97 Å². The summed E-state index contributed by atoms with van der Waals surface area (Å²) < 4.78 is 0. The topological polar surface area (TPSA) is 342 Å². The third-order valence-electron chi connectivity index (χ3n) is 0.524. The van der Waals surface area contributed by atoms with Crippen LogP contribution in [0.2, 0.25) is 0 Å². The molecule has 0 radical (unpaired) electrons. The van der Waals surface area contributed by atoms with Crippen molar-refractivity contribution >= 4 is 35.8 Å².